The Balaban J connectivity index is 1.85. The van der Waals surface area contributed by atoms with Crippen LogP contribution in [0.1, 0.15) is 15.2 Å². The zero-order valence-electron chi connectivity index (χ0n) is 14.4. The summed E-state index contributed by atoms with van der Waals surface area (Å²) in [6.45, 7) is 0.738. The highest BCUT2D eigenvalue weighted by atomic mass is 32.1. The molecule has 0 radical (unpaired) electrons. The van der Waals surface area contributed by atoms with E-state index >= 15 is 0 Å². The first-order valence-electron chi connectivity index (χ1n) is 8.63. The molecule has 5 heteroatoms. The Labute approximate surface area is 159 Å². The Morgan fingerprint density at radius 1 is 1.04 bits per heavy atom. The number of thiophene rings is 1. The fourth-order valence-electron chi connectivity index (χ4n) is 3.67. The average molecular weight is 372 g/mol. The lowest BCUT2D eigenvalue weighted by atomic mass is 10.0. The number of carbonyl (C=O) groups excluding carboxylic acids is 1. The van der Waals surface area contributed by atoms with Crippen molar-refractivity contribution in [1.82, 2.24) is 4.57 Å². The SMILES string of the molecule is NC(=O)c1cccc2c1c1ccc(-c3ccco3)cc1n2Cc1cccs1. The molecule has 2 aromatic carbocycles. The number of fused-ring (bicyclic) bond motifs is 3. The molecule has 0 spiro atoms. The van der Waals surface area contributed by atoms with Gasteiger partial charge in [0.05, 0.1) is 23.8 Å². The van der Waals surface area contributed by atoms with Gasteiger partial charge in [-0.25, -0.2) is 0 Å². The predicted octanol–water partition coefficient (Wildman–Crippen LogP) is 5.26. The van der Waals surface area contributed by atoms with E-state index in [2.05, 4.69) is 28.1 Å². The monoisotopic (exact) mass is 372 g/mol. The molecule has 27 heavy (non-hydrogen) atoms. The number of furan rings is 1. The summed E-state index contributed by atoms with van der Waals surface area (Å²) in [4.78, 5) is 13.3. The van der Waals surface area contributed by atoms with Crippen molar-refractivity contribution in [3.8, 4) is 11.3 Å². The Morgan fingerprint density at radius 2 is 1.96 bits per heavy atom. The largest absolute Gasteiger partial charge is 0.464 e. The van der Waals surface area contributed by atoms with Gasteiger partial charge in [0.1, 0.15) is 5.76 Å². The van der Waals surface area contributed by atoms with Gasteiger partial charge in [-0.2, -0.15) is 0 Å². The van der Waals surface area contributed by atoms with Crippen molar-refractivity contribution >= 4 is 39.0 Å². The smallest absolute Gasteiger partial charge is 0.249 e. The Bertz CT molecular complexity index is 1270. The highest BCUT2D eigenvalue weighted by molar-refractivity contribution is 7.09. The van der Waals surface area contributed by atoms with Gasteiger partial charge in [0.25, 0.3) is 0 Å². The van der Waals surface area contributed by atoms with Crippen LogP contribution in [0.4, 0.5) is 0 Å². The zero-order chi connectivity index (χ0) is 18.4. The summed E-state index contributed by atoms with van der Waals surface area (Å²) in [5.41, 5.74) is 9.28. The Hall–Kier alpha value is -3.31. The number of rotatable bonds is 4. The number of carbonyl (C=O) groups is 1. The van der Waals surface area contributed by atoms with E-state index in [-0.39, 0.29) is 0 Å². The van der Waals surface area contributed by atoms with Crippen LogP contribution < -0.4 is 5.73 Å². The van der Waals surface area contributed by atoms with E-state index in [9.17, 15) is 4.79 Å². The molecule has 2 N–H and O–H groups in total. The minimum Gasteiger partial charge on any atom is -0.464 e. The molecule has 0 aliphatic carbocycles. The maximum absolute atomic E-state index is 12.0. The summed E-state index contributed by atoms with van der Waals surface area (Å²) >= 11 is 1.72. The van der Waals surface area contributed by atoms with Crippen LogP contribution in [0, 0.1) is 0 Å². The minimum absolute atomic E-state index is 0.411. The van der Waals surface area contributed by atoms with Gasteiger partial charge in [0, 0.05) is 26.8 Å². The van der Waals surface area contributed by atoms with Crippen LogP contribution in [0.5, 0.6) is 0 Å². The molecule has 0 saturated heterocycles. The van der Waals surface area contributed by atoms with E-state index in [1.54, 1.807) is 23.7 Å². The number of hydrogen-bond acceptors (Lipinski definition) is 3. The standard InChI is InChI=1S/C22H16N2O2S/c23-22(25)17-5-1-6-18-21(17)16-9-8-14(20-7-2-10-26-20)12-19(16)24(18)13-15-4-3-11-27-15/h1-12H,13H2,(H2,23,25). The van der Waals surface area contributed by atoms with Gasteiger partial charge in [0.2, 0.25) is 5.91 Å². The molecule has 132 valence electrons. The van der Waals surface area contributed by atoms with Gasteiger partial charge in [-0.1, -0.05) is 24.3 Å². The maximum atomic E-state index is 12.0. The van der Waals surface area contributed by atoms with Gasteiger partial charge in [0.15, 0.2) is 0 Å². The van der Waals surface area contributed by atoms with Crippen molar-refractivity contribution in [2.45, 2.75) is 6.54 Å². The van der Waals surface area contributed by atoms with Gasteiger partial charge in [-0.05, 0) is 41.8 Å². The molecule has 0 atom stereocenters. The summed E-state index contributed by atoms with van der Waals surface area (Å²) in [5, 5.41) is 4.00. The summed E-state index contributed by atoms with van der Waals surface area (Å²) in [7, 11) is 0. The Kier molecular flexibility index (Phi) is 3.62. The normalized spacial score (nSPS) is 11.4. The van der Waals surface area contributed by atoms with Crippen molar-refractivity contribution in [1.29, 1.82) is 0 Å². The molecule has 0 aliphatic heterocycles. The van der Waals surface area contributed by atoms with Crippen molar-refractivity contribution < 1.29 is 9.21 Å². The summed E-state index contributed by atoms with van der Waals surface area (Å²) in [6, 6.07) is 19.9. The highest BCUT2D eigenvalue weighted by Gasteiger charge is 2.17. The number of nitrogens with zero attached hydrogens (tertiary/aromatic N) is 1. The summed E-state index contributed by atoms with van der Waals surface area (Å²) < 4.78 is 7.81. The van der Waals surface area contributed by atoms with E-state index in [1.165, 1.54) is 4.88 Å². The second kappa shape index (κ2) is 6.14. The van der Waals surface area contributed by atoms with Crippen LogP contribution in [0.3, 0.4) is 0 Å². The molecule has 0 bridgehead atoms. The van der Waals surface area contributed by atoms with E-state index in [0.717, 1.165) is 39.7 Å². The van der Waals surface area contributed by atoms with E-state index < -0.39 is 5.91 Å². The van der Waals surface area contributed by atoms with Crippen LogP contribution in [-0.4, -0.2) is 10.5 Å². The molecular formula is C22H16N2O2S. The van der Waals surface area contributed by atoms with Gasteiger partial charge >= 0.3 is 0 Å². The number of primary amides is 1. The molecule has 5 rings (SSSR count). The van der Waals surface area contributed by atoms with Crippen molar-refractivity contribution in [2.75, 3.05) is 0 Å². The van der Waals surface area contributed by atoms with Crippen LogP contribution >= 0.6 is 11.3 Å². The van der Waals surface area contributed by atoms with Crippen molar-refractivity contribution in [3.63, 3.8) is 0 Å². The molecule has 3 aromatic heterocycles. The quantitative estimate of drug-likeness (QED) is 0.467. The molecule has 4 nitrogen and oxygen atoms in total. The van der Waals surface area contributed by atoms with Gasteiger partial charge in [-0.15, -0.1) is 11.3 Å². The van der Waals surface area contributed by atoms with Gasteiger partial charge in [-0.3, -0.25) is 4.79 Å². The second-order valence-electron chi connectivity index (χ2n) is 6.44. The maximum Gasteiger partial charge on any atom is 0.249 e. The van der Waals surface area contributed by atoms with Crippen molar-refractivity contribution in [3.05, 3.63) is 82.7 Å². The summed E-state index contributed by atoms with van der Waals surface area (Å²) in [5.74, 6) is 0.408. The van der Waals surface area contributed by atoms with Crippen LogP contribution in [0.2, 0.25) is 0 Å². The predicted molar refractivity (Wildman–Crippen MR) is 109 cm³/mol. The lowest BCUT2D eigenvalue weighted by Crippen LogP contribution is -2.11. The molecule has 0 saturated carbocycles. The minimum atomic E-state index is -0.411. The van der Waals surface area contributed by atoms with Crippen LogP contribution in [0.25, 0.3) is 33.1 Å². The molecule has 0 unspecified atom stereocenters. The fourth-order valence-corrected chi connectivity index (χ4v) is 4.37. The number of nitrogens with two attached hydrogens (primary N) is 1. The lowest BCUT2D eigenvalue weighted by molar-refractivity contribution is 0.100. The van der Waals surface area contributed by atoms with Crippen molar-refractivity contribution in [2.24, 2.45) is 5.73 Å². The Morgan fingerprint density at radius 3 is 2.70 bits per heavy atom. The number of hydrogen-bond donors (Lipinski definition) is 1. The lowest BCUT2D eigenvalue weighted by Gasteiger charge is -2.07. The van der Waals surface area contributed by atoms with E-state index in [1.807, 2.05) is 36.4 Å². The molecule has 0 aliphatic rings. The third-order valence-corrected chi connectivity index (χ3v) is 5.72. The third kappa shape index (κ3) is 2.55. The highest BCUT2D eigenvalue weighted by Crippen LogP contribution is 2.35. The molecular weight excluding hydrogens is 356 g/mol. The summed E-state index contributed by atoms with van der Waals surface area (Å²) in [6.07, 6.45) is 1.67. The number of amides is 1. The third-order valence-electron chi connectivity index (χ3n) is 4.86. The van der Waals surface area contributed by atoms with Gasteiger partial charge < -0.3 is 14.7 Å². The van der Waals surface area contributed by atoms with E-state index in [0.29, 0.717) is 5.56 Å². The van der Waals surface area contributed by atoms with E-state index in [4.69, 9.17) is 10.2 Å². The van der Waals surface area contributed by atoms with Crippen LogP contribution in [0.15, 0.2) is 76.7 Å². The molecule has 5 aromatic rings. The number of benzene rings is 2. The number of aromatic nitrogens is 1. The van der Waals surface area contributed by atoms with Crippen LogP contribution in [-0.2, 0) is 6.54 Å². The first-order valence-corrected chi connectivity index (χ1v) is 9.51. The molecule has 0 fully saturated rings. The zero-order valence-corrected chi connectivity index (χ0v) is 15.2. The fraction of sp³-hybridized carbons (Fsp3) is 0.0455. The first-order chi connectivity index (χ1) is 13.2. The average Bonchev–Trinajstić information content (AvgIpc) is 3.43. The second-order valence-corrected chi connectivity index (χ2v) is 7.47. The molecule has 1 amide bonds. The first kappa shape index (κ1) is 15.9. The topological polar surface area (TPSA) is 61.2 Å². The molecule has 3 heterocycles.